The van der Waals surface area contributed by atoms with E-state index < -0.39 is 23.4 Å². The summed E-state index contributed by atoms with van der Waals surface area (Å²) in [6, 6.07) is 14.1. The number of hydrogen-bond acceptors (Lipinski definition) is 6. The maximum absolute atomic E-state index is 13.8. The van der Waals surface area contributed by atoms with Crippen LogP contribution < -0.4 is 20.7 Å². The van der Waals surface area contributed by atoms with Gasteiger partial charge < -0.3 is 30.7 Å². The monoisotopic (exact) mass is 592 g/mol. The highest BCUT2D eigenvalue weighted by molar-refractivity contribution is 5.92. The summed E-state index contributed by atoms with van der Waals surface area (Å²) in [5.74, 6) is 0.326. The molecule has 1 fully saturated rings. The van der Waals surface area contributed by atoms with Gasteiger partial charge in [0.1, 0.15) is 11.8 Å². The van der Waals surface area contributed by atoms with Crippen molar-refractivity contribution in [2.24, 2.45) is 11.3 Å². The number of fused-ring (bicyclic) bond motifs is 4. The maximum Gasteiger partial charge on any atom is 0.242 e. The molecule has 43 heavy (non-hydrogen) atoms. The van der Waals surface area contributed by atoms with Crippen LogP contribution >= 0.6 is 0 Å². The van der Waals surface area contributed by atoms with Gasteiger partial charge in [-0.05, 0) is 73.8 Å². The lowest BCUT2D eigenvalue weighted by molar-refractivity contribution is -0.137. The minimum absolute atomic E-state index is 0.0205. The molecule has 9 heteroatoms. The Morgan fingerprint density at radius 3 is 2.63 bits per heavy atom. The molecule has 4 rings (SSSR count). The highest BCUT2D eigenvalue weighted by Gasteiger charge is 2.32. The van der Waals surface area contributed by atoms with Gasteiger partial charge in [-0.15, -0.1) is 0 Å². The normalized spacial score (nSPS) is 22.6. The van der Waals surface area contributed by atoms with Crippen molar-refractivity contribution < 1.29 is 24.2 Å². The topological polar surface area (TPSA) is 120 Å². The molecule has 2 aliphatic heterocycles. The van der Waals surface area contributed by atoms with E-state index in [2.05, 4.69) is 16.0 Å². The number of ether oxygens (including phenoxy) is 1. The van der Waals surface area contributed by atoms with E-state index in [0.29, 0.717) is 51.5 Å². The van der Waals surface area contributed by atoms with E-state index >= 15 is 0 Å². The molecular formula is C34H48N4O5. The van der Waals surface area contributed by atoms with Crippen molar-refractivity contribution in [2.75, 3.05) is 32.8 Å². The van der Waals surface area contributed by atoms with Crippen LogP contribution in [0, 0.1) is 18.3 Å². The molecule has 0 aromatic heterocycles. The summed E-state index contributed by atoms with van der Waals surface area (Å²) in [7, 11) is 0. The predicted molar refractivity (Wildman–Crippen MR) is 166 cm³/mol. The molecule has 1 unspecified atom stereocenters. The van der Waals surface area contributed by atoms with E-state index in [-0.39, 0.29) is 24.8 Å². The van der Waals surface area contributed by atoms with Crippen molar-refractivity contribution >= 4 is 17.7 Å². The highest BCUT2D eigenvalue weighted by atomic mass is 16.5. The van der Waals surface area contributed by atoms with Crippen LogP contribution in [-0.2, 0) is 27.3 Å². The molecule has 0 saturated carbocycles. The average Bonchev–Trinajstić information content (AvgIpc) is 3.01. The largest absolute Gasteiger partial charge is 0.494 e. The highest BCUT2D eigenvalue weighted by Crippen LogP contribution is 2.23. The summed E-state index contributed by atoms with van der Waals surface area (Å²) in [6.45, 7) is 8.22. The summed E-state index contributed by atoms with van der Waals surface area (Å²) in [5.41, 5.74) is 2.59. The second kappa shape index (κ2) is 15.3. The molecule has 2 heterocycles. The van der Waals surface area contributed by atoms with Crippen LogP contribution in [0.4, 0.5) is 0 Å². The number of aliphatic hydroxyl groups excluding tert-OH is 1. The van der Waals surface area contributed by atoms with Gasteiger partial charge in [0.05, 0.1) is 19.1 Å². The van der Waals surface area contributed by atoms with Gasteiger partial charge in [-0.3, -0.25) is 14.4 Å². The number of benzene rings is 2. The van der Waals surface area contributed by atoms with E-state index in [1.807, 2.05) is 74.2 Å². The fraction of sp³-hybridized carbons (Fsp3) is 0.559. The Bertz CT molecular complexity index is 1230. The lowest BCUT2D eigenvalue weighted by atomic mass is 9.93. The van der Waals surface area contributed by atoms with Gasteiger partial charge >= 0.3 is 0 Å². The van der Waals surface area contributed by atoms with Crippen molar-refractivity contribution in [3.8, 4) is 5.75 Å². The van der Waals surface area contributed by atoms with Crippen molar-refractivity contribution in [1.29, 1.82) is 0 Å². The number of piperidine rings is 1. The first-order valence-electron chi connectivity index (χ1n) is 15.6. The van der Waals surface area contributed by atoms with E-state index in [9.17, 15) is 19.5 Å². The first-order valence-corrected chi connectivity index (χ1v) is 15.6. The van der Waals surface area contributed by atoms with Gasteiger partial charge in [-0.1, -0.05) is 50.2 Å². The number of rotatable bonds is 7. The first kappa shape index (κ1) is 32.5. The van der Waals surface area contributed by atoms with Gasteiger partial charge in [-0.2, -0.15) is 0 Å². The second-order valence-corrected chi connectivity index (χ2v) is 12.8. The number of nitrogens with zero attached hydrogens (tertiary/aromatic N) is 1. The minimum atomic E-state index is -0.841. The van der Waals surface area contributed by atoms with Gasteiger partial charge in [-0.25, -0.2) is 0 Å². The first-order chi connectivity index (χ1) is 20.6. The second-order valence-electron chi connectivity index (χ2n) is 12.8. The number of aryl methyl sites for hydroxylation is 2. The molecule has 2 aliphatic rings. The van der Waals surface area contributed by atoms with E-state index in [1.165, 1.54) is 0 Å². The fourth-order valence-corrected chi connectivity index (χ4v) is 5.62. The maximum atomic E-state index is 13.8. The molecular weight excluding hydrogens is 544 g/mol. The molecule has 1 saturated heterocycles. The molecule has 0 radical (unpaired) electrons. The Labute approximate surface area is 255 Å². The zero-order chi connectivity index (χ0) is 30.8. The Morgan fingerprint density at radius 2 is 1.86 bits per heavy atom. The zero-order valence-electron chi connectivity index (χ0n) is 25.9. The number of aliphatic hydroxyl groups is 1. The molecule has 2 aromatic rings. The Morgan fingerprint density at radius 1 is 1.07 bits per heavy atom. The molecule has 9 nitrogen and oxygen atoms in total. The molecule has 4 bridgehead atoms. The molecule has 3 amide bonds. The minimum Gasteiger partial charge on any atom is -0.494 e. The van der Waals surface area contributed by atoms with E-state index in [1.54, 1.807) is 0 Å². The Kier molecular flexibility index (Phi) is 11.6. The number of carbonyl (C=O) groups is 3. The summed E-state index contributed by atoms with van der Waals surface area (Å²) in [6.07, 6.45) is 3.77. The van der Waals surface area contributed by atoms with Gasteiger partial charge in [0.15, 0.2) is 0 Å². The van der Waals surface area contributed by atoms with Gasteiger partial charge in [0.25, 0.3) is 0 Å². The summed E-state index contributed by atoms with van der Waals surface area (Å²) >= 11 is 0. The lowest BCUT2D eigenvalue weighted by Crippen LogP contribution is -2.55. The number of carbonyl (C=O) groups excluding carboxylic acids is 3. The van der Waals surface area contributed by atoms with Crippen molar-refractivity contribution in [3.05, 3.63) is 65.2 Å². The third-order valence-electron chi connectivity index (χ3n) is 8.59. The molecule has 0 spiro atoms. The quantitative estimate of drug-likeness (QED) is 0.392. The number of amides is 3. The van der Waals surface area contributed by atoms with Crippen molar-refractivity contribution in [2.45, 2.75) is 77.9 Å². The molecule has 0 aliphatic carbocycles. The molecule has 2 aromatic carbocycles. The third-order valence-corrected chi connectivity index (χ3v) is 8.59. The Hall–Kier alpha value is -3.43. The van der Waals surface area contributed by atoms with Crippen LogP contribution in [0.15, 0.2) is 48.5 Å². The zero-order valence-corrected chi connectivity index (χ0v) is 25.9. The van der Waals surface area contributed by atoms with Gasteiger partial charge in [0, 0.05) is 38.2 Å². The van der Waals surface area contributed by atoms with Crippen molar-refractivity contribution in [1.82, 2.24) is 20.9 Å². The average molecular weight is 593 g/mol. The molecule has 4 N–H and O–H groups in total. The standard InChI is InChI=1S/C34H48N4O5/c1-24-11-13-28-18-27(24)20-35-32(41)29(14-12-25-8-5-4-6-9-25)37-33(42)30(36-22-34(2,3)23-39)19-31(40)38-16-7-10-26(21-38)15-17-43-28/h4-6,8-9,11,13,18,26,29-30,36,39H,7,10,12,14-17,19-23H2,1-3H3,(H,35,41)(H,37,42)/t26?,29-,30-/m0/s1. The number of hydrogen-bond donors (Lipinski definition) is 4. The molecule has 234 valence electrons. The SMILES string of the molecule is Cc1ccc2cc1CNC(=O)[C@H](CCc1ccccc1)NC(=O)[C@@H](NCC(C)(C)CO)CC(=O)N1CCCC(CCO2)C1. The van der Waals surface area contributed by atoms with Crippen LogP contribution in [0.3, 0.4) is 0 Å². The van der Waals surface area contributed by atoms with E-state index in [0.717, 1.165) is 41.7 Å². The molecule has 3 atom stereocenters. The lowest BCUT2D eigenvalue weighted by Gasteiger charge is -2.34. The van der Waals surface area contributed by atoms with Crippen LogP contribution in [-0.4, -0.2) is 72.7 Å². The summed E-state index contributed by atoms with van der Waals surface area (Å²) in [5, 5.41) is 19.0. The Balaban J connectivity index is 1.60. The van der Waals surface area contributed by atoms with Crippen LogP contribution in [0.5, 0.6) is 5.75 Å². The van der Waals surface area contributed by atoms with Crippen LogP contribution in [0.2, 0.25) is 0 Å². The number of nitrogens with one attached hydrogen (secondary N) is 3. The summed E-state index contributed by atoms with van der Waals surface area (Å²) < 4.78 is 6.10. The van der Waals surface area contributed by atoms with Crippen LogP contribution in [0.1, 0.15) is 62.6 Å². The smallest absolute Gasteiger partial charge is 0.242 e. The van der Waals surface area contributed by atoms with Gasteiger partial charge in [0.2, 0.25) is 17.7 Å². The van der Waals surface area contributed by atoms with E-state index in [4.69, 9.17) is 4.74 Å². The summed E-state index contributed by atoms with van der Waals surface area (Å²) in [4.78, 5) is 42.7. The van der Waals surface area contributed by atoms with Crippen LogP contribution in [0.25, 0.3) is 0 Å². The predicted octanol–water partition coefficient (Wildman–Crippen LogP) is 3.12. The van der Waals surface area contributed by atoms with Crippen molar-refractivity contribution in [3.63, 3.8) is 0 Å². The third kappa shape index (κ3) is 9.79. The fourth-order valence-electron chi connectivity index (χ4n) is 5.62.